The number of halogens is 1. The highest BCUT2D eigenvalue weighted by molar-refractivity contribution is 5.88. The smallest absolute Gasteiger partial charge is 0.321 e. The largest absolute Gasteiger partial charge is 0.331 e. The standard InChI is InChI=1S/C12H17FN2O/c1-8(2)10-6-5-9(7-11(10)13)14-12(16)15(3)4/h5-8H,1-4H3,(H,14,16). The molecular weight excluding hydrogens is 207 g/mol. The van der Waals surface area contributed by atoms with E-state index in [-0.39, 0.29) is 17.8 Å². The Kier molecular flexibility index (Phi) is 3.88. The van der Waals surface area contributed by atoms with Gasteiger partial charge >= 0.3 is 6.03 Å². The average Bonchev–Trinajstić information content (AvgIpc) is 2.16. The second-order valence-corrected chi connectivity index (χ2v) is 4.22. The number of urea groups is 1. The lowest BCUT2D eigenvalue weighted by Crippen LogP contribution is -2.27. The summed E-state index contributed by atoms with van der Waals surface area (Å²) >= 11 is 0. The van der Waals surface area contributed by atoms with Crippen LogP contribution in [0.2, 0.25) is 0 Å². The number of hydrogen-bond acceptors (Lipinski definition) is 1. The molecule has 0 saturated carbocycles. The van der Waals surface area contributed by atoms with Crippen LogP contribution in [-0.2, 0) is 0 Å². The number of nitrogens with zero attached hydrogens (tertiary/aromatic N) is 1. The van der Waals surface area contributed by atoms with Crippen LogP contribution in [0.4, 0.5) is 14.9 Å². The lowest BCUT2D eigenvalue weighted by atomic mass is 10.0. The Hall–Kier alpha value is -1.58. The second-order valence-electron chi connectivity index (χ2n) is 4.22. The minimum atomic E-state index is -0.286. The number of amides is 2. The Morgan fingerprint density at radius 2 is 2.00 bits per heavy atom. The second kappa shape index (κ2) is 4.96. The maximum Gasteiger partial charge on any atom is 0.321 e. The molecule has 0 fully saturated rings. The summed E-state index contributed by atoms with van der Waals surface area (Å²) in [6.07, 6.45) is 0. The van der Waals surface area contributed by atoms with E-state index >= 15 is 0 Å². The first kappa shape index (κ1) is 12.5. The molecule has 16 heavy (non-hydrogen) atoms. The van der Waals surface area contributed by atoms with E-state index < -0.39 is 0 Å². The highest BCUT2D eigenvalue weighted by Gasteiger charge is 2.09. The van der Waals surface area contributed by atoms with Gasteiger partial charge in [-0.05, 0) is 23.6 Å². The Morgan fingerprint density at radius 3 is 2.44 bits per heavy atom. The van der Waals surface area contributed by atoms with Crippen LogP contribution < -0.4 is 5.32 Å². The van der Waals surface area contributed by atoms with Crippen LogP contribution >= 0.6 is 0 Å². The van der Waals surface area contributed by atoms with Gasteiger partial charge in [-0.15, -0.1) is 0 Å². The number of carbonyl (C=O) groups is 1. The first-order valence-corrected chi connectivity index (χ1v) is 5.19. The average molecular weight is 224 g/mol. The molecule has 0 heterocycles. The zero-order valence-corrected chi connectivity index (χ0v) is 10.0. The predicted molar refractivity (Wildman–Crippen MR) is 63.2 cm³/mol. The number of benzene rings is 1. The van der Waals surface area contributed by atoms with E-state index in [0.29, 0.717) is 11.3 Å². The number of hydrogen-bond donors (Lipinski definition) is 1. The molecule has 0 saturated heterocycles. The zero-order valence-electron chi connectivity index (χ0n) is 10.0. The Morgan fingerprint density at radius 1 is 1.38 bits per heavy atom. The van der Waals surface area contributed by atoms with Crippen molar-refractivity contribution >= 4 is 11.7 Å². The Balaban J connectivity index is 2.85. The first-order valence-electron chi connectivity index (χ1n) is 5.19. The maximum atomic E-state index is 13.6. The van der Waals surface area contributed by atoms with Gasteiger partial charge in [0, 0.05) is 19.8 Å². The Bertz CT molecular complexity index is 389. The molecule has 0 aromatic heterocycles. The number of carbonyl (C=O) groups excluding carboxylic acids is 1. The van der Waals surface area contributed by atoms with Crippen LogP contribution in [0.3, 0.4) is 0 Å². The molecule has 4 heteroatoms. The van der Waals surface area contributed by atoms with Crippen molar-refractivity contribution in [3.63, 3.8) is 0 Å². The van der Waals surface area contributed by atoms with Gasteiger partial charge in [-0.3, -0.25) is 0 Å². The van der Waals surface area contributed by atoms with Gasteiger partial charge in [0.05, 0.1) is 0 Å². The maximum absolute atomic E-state index is 13.6. The van der Waals surface area contributed by atoms with Gasteiger partial charge in [-0.2, -0.15) is 0 Å². The van der Waals surface area contributed by atoms with Crippen molar-refractivity contribution in [3.05, 3.63) is 29.6 Å². The van der Waals surface area contributed by atoms with Crippen LogP contribution in [-0.4, -0.2) is 25.0 Å². The predicted octanol–water partition coefficient (Wildman–Crippen LogP) is 3.04. The summed E-state index contributed by atoms with van der Waals surface area (Å²) in [5, 5.41) is 2.60. The topological polar surface area (TPSA) is 32.3 Å². The molecular formula is C12H17FN2O. The van der Waals surface area contributed by atoms with Crippen molar-refractivity contribution in [3.8, 4) is 0 Å². The monoisotopic (exact) mass is 224 g/mol. The number of anilines is 1. The molecule has 0 aliphatic heterocycles. The highest BCUT2D eigenvalue weighted by Crippen LogP contribution is 2.21. The molecule has 1 aromatic rings. The summed E-state index contributed by atoms with van der Waals surface area (Å²) in [6, 6.07) is 4.48. The van der Waals surface area contributed by atoms with E-state index in [1.54, 1.807) is 26.2 Å². The summed E-state index contributed by atoms with van der Waals surface area (Å²) < 4.78 is 13.6. The summed E-state index contributed by atoms with van der Waals surface area (Å²) in [6.45, 7) is 3.85. The van der Waals surface area contributed by atoms with E-state index in [0.717, 1.165) is 0 Å². The van der Waals surface area contributed by atoms with Gasteiger partial charge in [0.25, 0.3) is 0 Å². The SMILES string of the molecule is CC(C)c1ccc(NC(=O)N(C)C)cc1F. The normalized spacial score (nSPS) is 10.4. The molecule has 0 unspecified atom stereocenters. The Labute approximate surface area is 95.3 Å². The molecule has 1 aromatic carbocycles. The molecule has 0 aliphatic rings. The molecule has 3 nitrogen and oxygen atoms in total. The molecule has 0 spiro atoms. The zero-order chi connectivity index (χ0) is 12.3. The first-order chi connectivity index (χ1) is 7.41. The van der Waals surface area contributed by atoms with Crippen molar-refractivity contribution in [2.45, 2.75) is 19.8 Å². The van der Waals surface area contributed by atoms with Crippen LogP contribution in [0.5, 0.6) is 0 Å². The van der Waals surface area contributed by atoms with E-state index in [2.05, 4.69) is 5.32 Å². The third kappa shape index (κ3) is 2.95. The van der Waals surface area contributed by atoms with Crippen LogP contribution in [0.1, 0.15) is 25.3 Å². The van der Waals surface area contributed by atoms with E-state index in [4.69, 9.17) is 0 Å². The number of rotatable bonds is 2. The third-order valence-electron chi connectivity index (χ3n) is 2.28. The number of nitrogens with one attached hydrogen (secondary N) is 1. The molecule has 0 radical (unpaired) electrons. The fraction of sp³-hybridized carbons (Fsp3) is 0.417. The fourth-order valence-corrected chi connectivity index (χ4v) is 1.31. The van der Waals surface area contributed by atoms with Gasteiger partial charge in [-0.25, -0.2) is 9.18 Å². The lowest BCUT2D eigenvalue weighted by molar-refractivity contribution is 0.230. The minimum absolute atomic E-state index is 0.138. The summed E-state index contributed by atoms with van der Waals surface area (Å²) in [7, 11) is 3.27. The third-order valence-corrected chi connectivity index (χ3v) is 2.28. The van der Waals surface area contributed by atoms with E-state index in [1.807, 2.05) is 13.8 Å². The molecule has 2 amide bonds. The van der Waals surface area contributed by atoms with Crippen molar-refractivity contribution in [2.24, 2.45) is 0 Å². The van der Waals surface area contributed by atoms with E-state index in [9.17, 15) is 9.18 Å². The molecule has 1 rings (SSSR count). The summed E-state index contributed by atoms with van der Waals surface area (Å²) in [4.78, 5) is 12.7. The van der Waals surface area contributed by atoms with Crippen LogP contribution in [0.15, 0.2) is 18.2 Å². The van der Waals surface area contributed by atoms with E-state index in [1.165, 1.54) is 11.0 Å². The molecule has 0 aliphatic carbocycles. The molecule has 0 bridgehead atoms. The van der Waals surface area contributed by atoms with Gasteiger partial charge < -0.3 is 10.2 Å². The minimum Gasteiger partial charge on any atom is -0.331 e. The summed E-state index contributed by atoms with van der Waals surface area (Å²) in [5.74, 6) is -0.148. The van der Waals surface area contributed by atoms with Crippen LogP contribution in [0, 0.1) is 5.82 Å². The van der Waals surface area contributed by atoms with Crippen LogP contribution in [0.25, 0.3) is 0 Å². The van der Waals surface area contributed by atoms with Gasteiger partial charge in [0.2, 0.25) is 0 Å². The van der Waals surface area contributed by atoms with Crippen molar-refractivity contribution in [2.75, 3.05) is 19.4 Å². The van der Waals surface area contributed by atoms with Gasteiger partial charge in [-0.1, -0.05) is 19.9 Å². The van der Waals surface area contributed by atoms with Crippen molar-refractivity contribution < 1.29 is 9.18 Å². The summed E-state index contributed by atoms with van der Waals surface area (Å²) in [5.41, 5.74) is 1.13. The highest BCUT2D eigenvalue weighted by atomic mass is 19.1. The van der Waals surface area contributed by atoms with Gasteiger partial charge in [0.1, 0.15) is 5.82 Å². The van der Waals surface area contributed by atoms with Crippen molar-refractivity contribution in [1.82, 2.24) is 4.90 Å². The quantitative estimate of drug-likeness (QED) is 0.822. The fourth-order valence-electron chi connectivity index (χ4n) is 1.31. The molecule has 1 N–H and O–H groups in total. The van der Waals surface area contributed by atoms with Gasteiger partial charge in [0.15, 0.2) is 0 Å². The lowest BCUT2D eigenvalue weighted by Gasteiger charge is -2.13. The van der Waals surface area contributed by atoms with Crippen molar-refractivity contribution in [1.29, 1.82) is 0 Å². The molecule has 88 valence electrons. The molecule has 0 atom stereocenters.